The number of aryl methyl sites for hydroxylation is 1. The third-order valence-electron chi connectivity index (χ3n) is 1.88. The fourth-order valence-electron chi connectivity index (χ4n) is 1.14. The molecule has 3 N–H and O–H groups in total. The molecule has 0 fully saturated rings. The van der Waals surface area contributed by atoms with Crippen LogP contribution in [-0.2, 0) is 0 Å². The van der Waals surface area contributed by atoms with Crippen LogP contribution in [0.15, 0.2) is 16.7 Å². The molecule has 88 valence electrons. The topological polar surface area (TPSA) is 93.8 Å². The Morgan fingerprint density at radius 3 is 2.94 bits per heavy atom. The number of halogens is 1. The van der Waals surface area contributed by atoms with Crippen LogP contribution < -0.4 is 11.1 Å². The quantitative estimate of drug-likeness (QED) is 0.882. The van der Waals surface area contributed by atoms with Gasteiger partial charge in [-0.3, -0.25) is 10.1 Å². The van der Waals surface area contributed by atoms with Crippen molar-refractivity contribution in [2.45, 2.75) is 6.92 Å². The van der Waals surface area contributed by atoms with E-state index in [2.05, 4.69) is 36.4 Å². The number of amides is 1. The summed E-state index contributed by atoms with van der Waals surface area (Å²) in [4.78, 5) is 15.8. The lowest BCUT2D eigenvalue weighted by Crippen LogP contribution is -2.14. The number of rotatable bonds is 2. The molecule has 1 amide bonds. The SMILES string of the molecule is Cc1nnc(NC(=O)c2cc(Br)cnc2N)s1. The van der Waals surface area contributed by atoms with Gasteiger partial charge in [0.1, 0.15) is 10.8 Å². The highest BCUT2D eigenvalue weighted by Crippen LogP contribution is 2.19. The zero-order valence-electron chi connectivity index (χ0n) is 8.77. The lowest BCUT2D eigenvalue weighted by molar-refractivity contribution is 0.102. The normalized spacial score (nSPS) is 10.2. The Bertz CT molecular complexity index is 570. The molecule has 0 radical (unpaired) electrons. The maximum atomic E-state index is 11.9. The summed E-state index contributed by atoms with van der Waals surface area (Å²) in [6, 6.07) is 1.60. The van der Waals surface area contributed by atoms with Crippen molar-refractivity contribution in [2.75, 3.05) is 11.1 Å². The molecule has 0 unspecified atom stereocenters. The largest absolute Gasteiger partial charge is 0.383 e. The minimum Gasteiger partial charge on any atom is -0.383 e. The van der Waals surface area contributed by atoms with Crippen molar-refractivity contribution in [3.8, 4) is 0 Å². The molecule has 2 heterocycles. The standard InChI is InChI=1S/C9H8BrN5OS/c1-4-14-15-9(17-4)13-8(16)6-2-5(10)3-12-7(6)11/h2-3H,1H3,(H2,11,12)(H,13,15,16). The fraction of sp³-hybridized carbons (Fsp3) is 0.111. The highest BCUT2D eigenvalue weighted by atomic mass is 79.9. The first-order valence-corrected chi connectivity index (χ1v) is 6.19. The second-order valence-corrected chi connectivity index (χ2v) is 5.26. The molecule has 17 heavy (non-hydrogen) atoms. The highest BCUT2D eigenvalue weighted by Gasteiger charge is 2.13. The minimum absolute atomic E-state index is 0.173. The average Bonchev–Trinajstić information content (AvgIpc) is 2.67. The molecule has 0 spiro atoms. The monoisotopic (exact) mass is 313 g/mol. The number of hydrogen-bond acceptors (Lipinski definition) is 6. The average molecular weight is 314 g/mol. The van der Waals surface area contributed by atoms with Crippen molar-refractivity contribution in [3.05, 3.63) is 27.3 Å². The van der Waals surface area contributed by atoms with Gasteiger partial charge in [0.25, 0.3) is 5.91 Å². The molecule has 2 aromatic heterocycles. The van der Waals surface area contributed by atoms with Gasteiger partial charge in [-0.2, -0.15) is 0 Å². The third-order valence-corrected chi connectivity index (χ3v) is 3.06. The van der Waals surface area contributed by atoms with Gasteiger partial charge in [-0.05, 0) is 28.9 Å². The predicted octanol–water partition coefficient (Wildman–Crippen LogP) is 1.84. The van der Waals surface area contributed by atoms with Gasteiger partial charge in [0.15, 0.2) is 0 Å². The maximum absolute atomic E-state index is 11.9. The number of nitrogens with two attached hydrogens (primary N) is 1. The first kappa shape index (κ1) is 11.9. The molecule has 0 saturated carbocycles. The number of aromatic nitrogens is 3. The molecule has 0 saturated heterocycles. The molecule has 0 aliphatic heterocycles. The molecule has 8 heteroatoms. The summed E-state index contributed by atoms with van der Waals surface area (Å²) in [5.41, 5.74) is 5.92. The van der Waals surface area contributed by atoms with Gasteiger partial charge in [0, 0.05) is 10.7 Å². The smallest absolute Gasteiger partial charge is 0.261 e. The summed E-state index contributed by atoms with van der Waals surface area (Å²) in [6.45, 7) is 1.81. The van der Waals surface area contributed by atoms with E-state index in [4.69, 9.17) is 5.73 Å². The Balaban J connectivity index is 2.22. The number of pyridine rings is 1. The molecular weight excluding hydrogens is 306 g/mol. The molecule has 2 aromatic rings. The van der Waals surface area contributed by atoms with E-state index in [1.54, 1.807) is 6.07 Å². The van der Waals surface area contributed by atoms with Crippen LogP contribution in [0.2, 0.25) is 0 Å². The first-order valence-electron chi connectivity index (χ1n) is 4.59. The van der Waals surface area contributed by atoms with E-state index >= 15 is 0 Å². The number of carbonyl (C=O) groups is 1. The Hall–Kier alpha value is -1.54. The summed E-state index contributed by atoms with van der Waals surface area (Å²) < 4.78 is 0.685. The summed E-state index contributed by atoms with van der Waals surface area (Å²) in [6.07, 6.45) is 1.53. The van der Waals surface area contributed by atoms with E-state index in [9.17, 15) is 4.79 Å². The molecule has 0 bridgehead atoms. The molecule has 0 aromatic carbocycles. The van der Waals surface area contributed by atoms with Crippen molar-refractivity contribution in [1.29, 1.82) is 0 Å². The van der Waals surface area contributed by atoms with E-state index in [0.29, 0.717) is 15.2 Å². The zero-order chi connectivity index (χ0) is 12.4. The van der Waals surface area contributed by atoms with Crippen molar-refractivity contribution in [3.63, 3.8) is 0 Å². The summed E-state index contributed by atoms with van der Waals surface area (Å²) in [5.74, 6) is -0.181. The number of nitrogens with zero attached hydrogens (tertiary/aromatic N) is 3. The van der Waals surface area contributed by atoms with Gasteiger partial charge < -0.3 is 5.73 Å². The number of anilines is 2. The molecular formula is C9H8BrN5OS. The van der Waals surface area contributed by atoms with Crippen molar-refractivity contribution in [1.82, 2.24) is 15.2 Å². The van der Waals surface area contributed by atoms with Crippen molar-refractivity contribution >= 4 is 44.1 Å². The van der Waals surface area contributed by atoms with Crippen LogP contribution in [0.1, 0.15) is 15.4 Å². The maximum Gasteiger partial charge on any atom is 0.261 e. The summed E-state index contributed by atoms with van der Waals surface area (Å²) >= 11 is 4.52. The van der Waals surface area contributed by atoms with Gasteiger partial charge in [-0.25, -0.2) is 4.98 Å². The molecule has 0 atom stereocenters. The Morgan fingerprint density at radius 1 is 1.53 bits per heavy atom. The molecule has 0 aliphatic rings. The summed E-state index contributed by atoms with van der Waals surface area (Å²) in [5, 5.41) is 11.4. The van der Waals surface area contributed by atoms with Crippen molar-refractivity contribution in [2.24, 2.45) is 0 Å². The van der Waals surface area contributed by atoms with Crippen LogP contribution in [0.5, 0.6) is 0 Å². The Labute approximate surface area is 109 Å². The van der Waals surface area contributed by atoms with E-state index in [1.165, 1.54) is 17.5 Å². The lowest BCUT2D eigenvalue weighted by Gasteiger charge is -2.04. The molecule has 2 rings (SSSR count). The van der Waals surface area contributed by atoms with Crippen LogP contribution >= 0.6 is 27.3 Å². The predicted molar refractivity (Wildman–Crippen MR) is 68.9 cm³/mol. The highest BCUT2D eigenvalue weighted by molar-refractivity contribution is 9.10. The Morgan fingerprint density at radius 2 is 2.29 bits per heavy atom. The zero-order valence-corrected chi connectivity index (χ0v) is 11.2. The summed E-state index contributed by atoms with van der Waals surface area (Å²) in [7, 11) is 0. The van der Waals surface area contributed by atoms with Gasteiger partial charge in [0.05, 0.1) is 5.56 Å². The number of hydrogen-bond donors (Lipinski definition) is 2. The minimum atomic E-state index is -0.354. The number of nitrogen functional groups attached to an aromatic ring is 1. The third kappa shape index (κ3) is 2.77. The second-order valence-electron chi connectivity index (χ2n) is 3.17. The number of carbonyl (C=O) groups excluding carboxylic acids is 1. The number of nitrogens with one attached hydrogen (secondary N) is 1. The van der Waals surface area contributed by atoms with Gasteiger partial charge >= 0.3 is 0 Å². The van der Waals surface area contributed by atoms with Gasteiger partial charge in [0.2, 0.25) is 5.13 Å². The van der Waals surface area contributed by atoms with Gasteiger partial charge in [-0.15, -0.1) is 10.2 Å². The van der Waals surface area contributed by atoms with Crippen LogP contribution in [-0.4, -0.2) is 21.1 Å². The second kappa shape index (κ2) is 4.76. The Kier molecular flexibility index (Phi) is 3.34. The van der Waals surface area contributed by atoms with Crippen LogP contribution in [0.4, 0.5) is 10.9 Å². The van der Waals surface area contributed by atoms with Crippen LogP contribution in [0, 0.1) is 6.92 Å². The lowest BCUT2D eigenvalue weighted by atomic mass is 10.2. The first-order chi connectivity index (χ1) is 8.06. The van der Waals surface area contributed by atoms with E-state index < -0.39 is 0 Å². The van der Waals surface area contributed by atoms with Crippen molar-refractivity contribution < 1.29 is 4.79 Å². The van der Waals surface area contributed by atoms with E-state index in [-0.39, 0.29) is 11.7 Å². The van der Waals surface area contributed by atoms with Gasteiger partial charge in [-0.1, -0.05) is 11.3 Å². The van der Waals surface area contributed by atoms with Crippen LogP contribution in [0.25, 0.3) is 0 Å². The fourth-order valence-corrected chi connectivity index (χ4v) is 2.06. The molecule has 6 nitrogen and oxygen atoms in total. The van der Waals surface area contributed by atoms with Crippen LogP contribution in [0.3, 0.4) is 0 Å². The van der Waals surface area contributed by atoms with E-state index in [0.717, 1.165) is 5.01 Å². The van der Waals surface area contributed by atoms with E-state index in [1.807, 2.05) is 6.92 Å². The molecule has 0 aliphatic carbocycles.